The van der Waals surface area contributed by atoms with E-state index in [2.05, 4.69) is 15.4 Å². The first-order chi connectivity index (χ1) is 10.9. The molecule has 0 saturated carbocycles. The lowest BCUT2D eigenvalue weighted by atomic mass is 10.1. The predicted molar refractivity (Wildman–Crippen MR) is 103 cm³/mol. The average molecular weight is 437 g/mol. The van der Waals surface area contributed by atoms with Crippen LogP contribution in [-0.2, 0) is 14.8 Å². The second-order valence-electron chi connectivity index (χ2n) is 5.48. The number of hydrogen-bond donors (Lipinski definition) is 4. The van der Waals surface area contributed by atoms with Gasteiger partial charge in [0.2, 0.25) is 10.0 Å². The van der Waals surface area contributed by atoms with Crippen LogP contribution >= 0.6 is 36.4 Å². The van der Waals surface area contributed by atoms with Crippen molar-refractivity contribution in [1.29, 1.82) is 0 Å². The van der Waals surface area contributed by atoms with Crippen molar-refractivity contribution < 1.29 is 18.3 Å². The molecule has 1 heterocycles. The van der Waals surface area contributed by atoms with Crippen molar-refractivity contribution in [1.82, 2.24) is 15.4 Å². The minimum atomic E-state index is -3.55. The molecule has 1 aromatic carbocycles. The SMILES string of the molecule is Cl.Cl.O=S(=O)(NCCNCC1(O)CNCCOC1)c1ccc(Cl)cc1. The number of aliphatic hydroxyl groups is 1. The molecule has 7 nitrogen and oxygen atoms in total. The van der Waals surface area contributed by atoms with E-state index in [0.29, 0.717) is 37.8 Å². The van der Waals surface area contributed by atoms with Crippen molar-refractivity contribution in [3.05, 3.63) is 29.3 Å². The first-order valence-corrected chi connectivity index (χ1v) is 9.24. The van der Waals surface area contributed by atoms with E-state index in [1.54, 1.807) is 0 Å². The molecule has 0 amide bonds. The third-order valence-electron chi connectivity index (χ3n) is 3.42. The van der Waals surface area contributed by atoms with Gasteiger partial charge in [-0.15, -0.1) is 24.8 Å². The third kappa shape index (κ3) is 8.38. The molecule has 0 bridgehead atoms. The molecule has 1 fully saturated rings. The van der Waals surface area contributed by atoms with Gasteiger partial charge in [0, 0.05) is 37.7 Å². The Morgan fingerprint density at radius 1 is 1.24 bits per heavy atom. The quantitative estimate of drug-likeness (QED) is 0.462. The van der Waals surface area contributed by atoms with Gasteiger partial charge in [0.25, 0.3) is 0 Å². The standard InChI is InChI=1S/C14H22ClN3O4S.2ClH/c15-12-1-3-13(4-2-12)23(20,21)18-6-5-16-9-14(19)10-17-7-8-22-11-14;;/h1-4,16-19H,5-11H2;2*1H. The Bertz CT molecular complexity index is 594. The maximum absolute atomic E-state index is 12.1. The molecule has 25 heavy (non-hydrogen) atoms. The van der Waals surface area contributed by atoms with Crippen LogP contribution in [0.1, 0.15) is 0 Å². The van der Waals surface area contributed by atoms with E-state index in [0.717, 1.165) is 0 Å². The highest BCUT2D eigenvalue weighted by Crippen LogP contribution is 2.13. The molecule has 0 spiro atoms. The summed E-state index contributed by atoms with van der Waals surface area (Å²) in [4.78, 5) is 0.168. The second kappa shape index (κ2) is 11.5. The summed E-state index contributed by atoms with van der Waals surface area (Å²) in [6.07, 6.45) is 0. The van der Waals surface area contributed by atoms with Crippen LogP contribution in [0.25, 0.3) is 0 Å². The molecule has 0 radical (unpaired) electrons. The third-order valence-corrected chi connectivity index (χ3v) is 5.15. The number of ether oxygens (including phenoxy) is 1. The number of halogens is 3. The highest BCUT2D eigenvalue weighted by Gasteiger charge is 2.28. The second-order valence-corrected chi connectivity index (χ2v) is 7.69. The van der Waals surface area contributed by atoms with E-state index in [1.165, 1.54) is 24.3 Å². The summed E-state index contributed by atoms with van der Waals surface area (Å²) in [5.41, 5.74) is -0.981. The molecule has 0 aliphatic carbocycles. The molecule has 1 atom stereocenters. The van der Waals surface area contributed by atoms with Crippen LogP contribution in [-0.4, -0.2) is 65.1 Å². The monoisotopic (exact) mass is 435 g/mol. The molecular weight excluding hydrogens is 413 g/mol. The van der Waals surface area contributed by atoms with Gasteiger partial charge in [-0.2, -0.15) is 0 Å². The van der Waals surface area contributed by atoms with Gasteiger partial charge in [0.1, 0.15) is 5.60 Å². The highest BCUT2D eigenvalue weighted by molar-refractivity contribution is 7.89. The van der Waals surface area contributed by atoms with Crippen LogP contribution < -0.4 is 15.4 Å². The summed E-state index contributed by atoms with van der Waals surface area (Å²) in [5.74, 6) is 0. The maximum Gasteiger partial charge on any atom is 0.240 e. The van der Waals surface area contributed by atoms with Crippen LogP contribution in [0, 0.1) is 0 Å². The number of hydrogen-bond acceptors (Lipinski definition) is 6. The highest BCUT2D eigenvalue weighted by atomic mass is 35.5. The molecule has 146 valence electrons. The lowest BCUT2D eigenvalue weighted by Gasteiger charge is -2.26. The molecule has 1 aromatic rings. The molecule has 11 heteroatoms. The first kappa shape index (κ1) is 24.8. The molecule has 4 N–H and O–H groups in total. The van der Waals surface area contributed by atoms with Crippen molar-refractivity contribution in [2.45, 2.75) is 10.5 Å². The molecule has 0 aromatic heterocycles. The molecule has 1 aliphatic heterocycles. The Balaban J connectivity index is 0.00000288. The van der Waals surface area contributed by atoms with E-state index in [1.807, 2.05) is 0 Å². The number of rotatable bonds is 7. The molecular formula is C14H24Cl3N3O4S. The van der Waals surface area contributed by atoms with Gasteiger partial charge in [0.05, 0.1) is 18.1 Å². The lowest BCUT2D eigenvalue weighted by Crippen LogP contribution is -2.51. The van der Waals surface area contributed by atoms with E-state index < -0.39 is 15.6 Å². The molecule has 2 rings (SSSR count). The number of nitrogens with one attached hydrogen (secondary N) is 3. The smallest absolute Gasteiger partial charge is 0.240 e. The van der Waals surface area contributed by atoms with E-state index in [-0.39, 0.29) is 42.9 Å². The minimum absolute atomic E-state index is 0. The number of sulfonamides is 1. The number of β-amino-alcohol motifs (C(OH)–C–C–N with tert-alkyl or cyclic N) is 1. The first-order valence-electron chi connectivity index (χ1n) is 7.38. The zero-order chi connectivity index (χ0) is 16.8. The molecule has 1 aliphatic rings. The predicted octanol–water partition coefficient (Wildman–Crippen LogP) is 0.402. The van der Waals surface area contributed by atoms with Crippen LogP contribution in [0.2, 0.25) is 5.02 Å². The van der Waals surface area contributed by atoms with Crippen molar-refractivity contribution in [2.24, 2.45) is 0 Å². The van der Waals surface area contributed by atoms with Crippen LogP contribution in [0.15, 0.2) is 29.2 Å². The zero-order valence-corrected chi connectivity index (χ0v) is 16.7. The van der Waals surface area contributed by atoms with Gasteiger partial charge in [-0.1, -0.05) is 11.6 Å². The van der Waals surface area contributed by atoms with Gasteiger partial charge in [-0.25, -0.2) is 13.1 Å². The van der Waals surface area contributed by atoms with Gasteiger partial charge in [0.15, 0.2) is 0 Å². The summed E-state index contributed by atoms with van der Waals surface area (Å²) in [7, 11) is -3.55. The summed E-state index contributed by atoms with van der Waals surface area (Å²) < 4.78 is 31.9. The Labute approximate surface area is 165 Å². The number of benzene rings is 1. The fourth-order valence-corrected chi connectivity index (χ4v) is 3.34. The average Bonchev–Trinajstić information content (AvgIpc) is 2.72. The maximum atomic E-state index is 12.1. The van der Waals surface area contributed by atoms with E-state index >= 15 is 0 Å². The summed E-state index contributed by atoms with van der Waals surface area (Å²) in [5, 5.41) is 16.9. The normalized spacial score (nSPS) is 20.9. The Morgan fingerprint density at radius 2 is 1.92 bits per heavy atom. The summed E-state index contributed by atoms with van der Waals surface area (Å²) >= 11 is 5.74. The summed E-state index contributed by atoms with van der Waals surface area (Å²) in [6.45, 7) is 2.92. The van der Waals surface area contributed by atoms with Crippen molar-refractivity contribution in [3.63, 3.8) is 0 Å². The van der Waals surface area contributed by atoms with Gasteiger partial charge in [-0.05, 0) is 24.3 Å². The zero-order valence-electron chi connectivity index (χ0n) is 13.5. The van der Waals surface area contributed by atoms with Crippen molar-refractivity contribution in [3.8, 4) is 0 Å². The Morgan fingerprint density at radius 3 is 2.60 bits per heavy atom. The molecule has 1 saturated heterocycles. The van der Waals surface area contributed by atoms with Crippen molar-refractivity contribution in [2.75, 3.05) is 45.9 Å². The van der Waals surface area contributed by atoms with E-state index in [9.17, 15) is 13.5 Å². The largest absolute Gasteiger partial charge is 0.385 e. The minimum Gasteiger partial charge on any atom is -0.385 e. The lowest BCUT2D eigenvalue weighted by molar-refractivity contribution is -0.0260. The van der Waals surface area contributed by atoms with Crippen LogP contribution in [0.4, 0.5) is 0 Å². The Hall–Kier alpha value is -0.160. The fourth-order valence-electron chi connectivity index (χ4n) is 2.18. The molecule has 1 unspecified atom stereocenters. The van der Waals surface area contributed by atoms with Crippen LogP contribution in [0.5, 0.6) is 0 Å². The fraction of sp³-hybridized carbons (Fsp3) is 0.571. The van der Waals surface area contributed by atoms with Gasteiger partial charge < -0.3 is 20.5 Å². The van der Waals surface area contributed by atoms with Gasteiger partial charge >= 0.3 is 0 Å². The van der Waals surface area contributed by atoms with Crippen LogP contribution in [0.3, 0.4) is 0 Å². The summed E-state index contributed by atoms with van der Waals surface area (Å²) in [6, 6.07) is 5.97. The Kier molecular flexibility index (Phi) is 11.5. The van der Waals surface area contributed by atoms with E-state index in [4.69, 9.17) is 16.3 Å². The van der Waals surface area contributed by atoms with Gasteiger partial charge in [-0.3, -0.25) is 0 Å². The van der Waals surface area contributed by atoms with Crippen molar-refractivity contribution >= 4 is 46.4 Å². The topological polar surface area (TPSA) is 99.7 Å².